The van der Waals surface area contributed by atoms with Crippen LogP contribution in [0.1, 0.15) is 25.3 Å². The number of aryl methyl sites for hydroxylation is 1. The van der Waals surface area contributed by atoms with Gasteiger partial charge in [-0.1, -0.05) is 19.1 Å². The summed E-state index contributed by atoms with van der Waals surface area (Å²) in [5.74, 6) is 0.453. The molecule has 5 heteroatoms. The molecule has 1 saturated carbocycles. The van der Waals surface area contributed by atoms with Gasteiger partial charge in [-0.3, -0.25) is 0 Å². The third-order valence-electron chi connectivity index (χ3n) is 4.75. The lowest BCUT2D eigenvalue weighted by atomic mass is 10.00. The summed E-state index contributed by atoms with van der Waals surface area (Å²) in [6.45, 7) is 3.07. The van der Waals surface area contributed by atoms with Crippen LogP contribution in [-0.2, 0) is 16.4 Å². The molecule has 3 unspecified atom stereocenters. The topological polar surface area (TPSA) is 57.6 Å². The SMILES string of the molecule is CCc1ccc(S(=O)(=O)N2CC3CCC(O)C3C2)cc1. The van der Waals surface area contributed by atoms with Crippen molar-refractivity contribution in [2.45, 2.75) is 37.2 Å². The third kappa shape index (κ3) is 2.28. The molecule has 1 aromatic carbocycles. The lowest BCUT2D eigenvalue weighted by Gasteiger charge is -2.18. The van der Waals surface area contributed by atoms with Crippen molar-refractivity contribution in [2.75, 3.05) is 13.1 Å². The molecule has 1 aromatic rings. The van der Waals surface area contributed by atoms with Gasteiger partial charge in [0.2, 0.25) is 10.0 Å². The molecule has 1 aliphatic heterocycles. The monoisotopic (exact) mass is 295 g/mol. The first-order valence-corrected chi connectivity index (χ1v) is 8.73. The maximum atomic E-state index is 12.6. The zero-order chi connectivity index (χ0) is 14.3. The molecule has 1 saturated heterocycles. The molecule has 2 aliphatic rings. The van der Waals surface area contributed by atoms with Crippen molar-refractivity contribution < 1.29 is 13.5 Å². The van der Waals surface area contributed by atoms with Crippen LogP contribution in [-0.4, -0.2) is 37.0 Å². The Morgan fingerprint density at radius 3 is 2.50 bits per heavy atom. The molecule has 1 aliphatic carbocycles. The van der Waals surface area contributed by atoms with Crippen molar-refractivity contribution in [1.82, 2.24) is 4.31 Å². The summed E-state index contributed by atoms with van der Waals surface area (Å²) < 4.78 is 26.8. The molecule has 4 nitrogen and oxygen atoms in total. The highest BCUT2D eigenvalue weighted by Crippen LogP contribution is 2.40. The quantitative estimate of drug-likeness (QED) is 0.922. The van der Waals surface area contributed by atoms with Crippen LogP contribution in [0, 0.1) is 11.8 Å². The summed E-state index contributed by atoms with van der Waals surface area (Å²) in [5.41, 5.74) is 1.14. The second kappa shape index (κ2) is 5.13. The predicted octanol–water partition coefficient (Wildman–Crippen LogP) is 1.64. The Bertz CT molecular complexity index is 582. The van der Waals surface area contributed by atoms with Gasteiger partial charge in [0.25, 0.3) is 0 Å². The fraction of sp³-hybridized carbons (Fsp3) is 0.600. The Balaban J connectivity index is 1.82. The second-order valence-corrected chi connectivity index (χ2v) is 7.83. The lowest BCUT2D eigenvalue weighted by Crippen LogP contribution is -2.31. The zero-order valence-corrected chi connectivity index (χ0v) is 12.5. The standard InChI is InChI=1S/C15H21NO3S/c1-2-11-3-6-13(7-4-11)20(18,19)16-9-12-5-8-15(17)14(12)10-16/h3-4,6-7,12,14-15,17H,2,5,8-10H2,1H3. The van der Waals surface area contributed by atoms with E-state index in [0.717, 1.165) is 24.8 Å². The van der Waals surface area contributed by atoms with E-state index in [9.17, 15) is 13.5 Å². The molecular formula is C15H21NO3S. The summed E-state index contributed by atoms with van der Waals surface area (Å²) in [7, 11) is -3.41. The minimum atomic E-state index is -3.41. The number of fused-ring (bicyclic) bond motifs is 1. The average molecular weight is 295 g/mol. The Hall–Kier alpha value is -0.910. The molecule has 2 fully saturated rings. The Kier molecular flexibility index (Phi) is 3.60. The average Bonchev–Trinajstić information content (AvgIpc) is 3.02. The largest absolute Gasteiger partial charge is 0.393 e. The van der Waals surface area contributed by atoms with Crippen molar-refractivity contribution in [2.24, 2.45) is 11.8 Å². The summed E-state index contributed by atoms with van der Waals surface area (Å²) in [6, 6.07) is 7.13. The first kappa shape index (κ1) is 14.0. The van der Waals surface area contributed by atoms with Crippen LogP contribution in [0.5, 0.6) is 0 Å². The van der Waals surface area contributed by atoms with Gasteiger partial charge in [-0.2, -0.15) is 4.31 Å². The van der Waals surface area contributed by atoms with Crippen LogP contribution in [0.4, 0.5) is 0 Å². The van der Waals surface area contributed by atoms with Gasteiger partial charge in [-0.05, 0) is 42.9 Å². The van der Waals surface area contributed by atoms with Crippen molar-refractivity contribution in [3.8, 4) is 0 Å². The molecule has 20 heavy (non-hydrogen) atoms. The third-order valence-corrected chi connectivity index (χ3v) is 6.60. The van der Waals surface area contributed by atoms with E-state index in [0.29, 0.717) is 23.9 Å². The van der Waals surface area contributed by atoms with Crippen LogP contribution in [0.2, 0.25) is 0 Å². The number of rotatable bonds is 3. The van der Waals surface area contributed by atoms with E-state index < -0.39 is 10.0 Å². The summed E-state index contributed by atoms with van der Waals surface area (Å²) in [4.78, 5) is 0.365. The van der Waals surface area contributed by atoms with Crippen molar-refractivity contribution in [1.29, 1.82) is 0 Å². The van der Waals surface area contributed by atoms with E-state index in [2.05, 4.69) is 0 Å². The molecule has 0 amide bonds. The molecule has 3 atom stereocenters. The van der Waals surface area contributed by atoms with Crippen LogP contribution in [0.15, 0.2) is 29.2 Å². The molecule has 3 rings (SSSR count). The molecule has 110 valence electrons. The van der Waals surface area contributed by atoms with E-state index in [1.807, 2.05) is 19.1 Å². The fourth-order valence-electron chi connectivity index (χ4n) is 3.44. The molecule has 0 aromatic heterocycles. The van der Waals surface area contributed by atoms with E-state index in [1.54, 1.807) is 16.4 Å². The van der Waals surface area contributed by atoms with Crippen LogP contribution in [0.25, 0.3) is 0 Å². The van der Waals surface area contributed by atoms with Gasteiger partial charge in [0, 0.05) is 19.0 Å². The minimum Gasteiger partial charge on any atom is -0.393 e. The molecule has 1 N–H and O–H groups in total. The van der Waals surface area contributed by atoms with Gasteiger partial charge in [0.15, 0.2) is 0 Å². The number of sulfonamides is 1. The highest BCUT2D eigenvalue weighted by Gasteiger charge is 2.45. The van der Waals surface area contributed by atoms with Gasteiger partial charge in [-0.25, -0.2) is 8.42 Å². The number of nitrogens with zero attached hydrogens (tertiary/aromatic N) is 1. The van der Waals surface area contributed by atoms with Gasteiger partial charge in [-0.15, -0.1) is 0 Å². The van der Waals surface area contributed by atoms with Gasteiger partial charge >= 0.3 is 0 Å². The molecular weight excluding hydrogens is 274 g/mol. The Morgan fingerprint density at radius 1 is 1.20 bits per heavy atom. The van der Waals surface area contributed by atoms with Crippen molar-refractivity contribution >= 4 is 10.0 Å². The zero-order valence-electron chi connectivity index (χ0n) is 11.7. The van der Waals surface area contributed by atoms with Crippen LogP contribution < -0.4 is 0 Å². The van der Waals surface area contributed by atoms with E-state index in [1.165, 1.54) is 0 Å². The number of hydrogen-bond donors (Lipinski definition) is 1. The normalized spacial score (nSPS) is 30.6. The van der Waals surface area contributed by atoms with E-state index in [4.69, 9.17) is 0 Å². The Labute approximate surface area is 120 Å². The highest BCUT2D eigenvalue weighted by atomic mass is 32.2. The molecule has 1 heterocycles. The number of hydrogen-bond acceptors (Lipinski definition) is 3. The Morgan fingerprint density at radius 2 is 1.90 bits per heavy atom. The summed E-state index contributed by atoms with van der Waals surface area (Å²) in [6.07, 6.45) is 2.32. The van der Waals surface area contributed by atoms with Gasteiger partial charge in [0.1, 0.15) is 0 Å². The first-order chi connectivity index (χ1) is 9.52. The summed E-state index contributed by atoms with van der Waals surface area (Å²) in [5, 5.41) is 9.90. The second-order valence-electron chi connectivity index (χ2n) is 5.89. The highest BCUT2D eigenvalue weighted by molar-refractivity contribution is 7.89. The number of benzene rings is 1. The van der Waals surface area contributed by atoms with Crippen molar-refractivity contribution in [3.63, 3.8) is 0 Å². The predicted molar refractivity (Wildman–Crippen MR) is 76.8 cm³/mol. The first-order valence-electron chi connectivity index (χ1n) is 7.29. The number of aliphatic hydroxyl groups is 1. The lowest BCUT2D eigenvalue weighted by molar-refractivity contribution is 0.129. The van der Waals surface area contributed by atoms with Crippen molar-refractivity contribution in [3.05, 3.63) is 29.8 Å². The smallest absolute Gasteiger partial charge is 0.243 e. The molecule has 0 radical (unpaired) electrons. The maximum Gasteiger partial charge on any atom is 0.243 e. The van der Waals surface area contributed by atoms with Gasteiger partial charge in [0.05, 0.1) is 11.0 Å². The molecule has 0 spiro atoms. The maximum absolute atomic E-state index is 12.6. The molecule has 0 bridgehead atoms. The van der Waals surface area contributed by atoms with Gasteiger partial charge < -0.3 is 5.11 Å². The number of aliphatic hydroxyl groups excluding tert-OH is 1. The van der Waals surface area contributed by atoms with E-state index in [-0.39, 0.29) is 12.0 Å². The van der Waals surface area contributed by atoms with E-state index >= 15 is 0 Å². The summed E-state index contributed by atoms with van der Waals surface area (Å²) >= 11 is 0. The fourth-order valence-corrected chi connectivity index (χ4v) is 4.97. The van der Waals surface area contributed by atoms with Crippen LogP contribution in [0.3, 0.4) is 0 Å². The van der Waals surface area contributed by atoms with Crippen LogP contribution >= 0.6 is 0 Å². The minimum absolute atomic E-state index is 0.125.